The van der Waals surface area contributed by atoms with Crippen LogP contribution < -0.4 is 0 Å². The predicted octanol–water partition coefficient (Wildman–Crippen LogP) is 3.57. The molecule has 0 aromatic carbocycles. The van der Waals surface area contributed by atoms with E-state index in [-0.39, 0.29) is 6.42 Å². The van der Waals surface area contributed by atoms with Crippen molar-refractivity contribution in [3.8, 4) is 0 Å². The standard InChI is InChI=1S/C13H17Cl3O4/c1-10(2)11(3)4-5-12(10,8(17)18)6-7(11)20-9(19)13(14,15)16/h7H,4-6H2,1-3H3,(H,17,18). The van der Waals surface area contributed by atoms with Crippen LogP contribution in [-0.4, -0.2) is 26.9 Å². The highest BCUT2D eigenvalue weighted by molar-refractivity contribution is 6.75. The lowest BCUT2D eigenvalue weighted by molar-refractivity contribution is -0.158. The van der Waals surface area contributed by atoms with Gasteiger partial charge in [0.1, 0.15) is 6.10 Å². The average Bonchev–Trinajstić information content (AvgIpc) is 2.58. The Morgan fingerprint density at radius 2 is 1.75 bits per heavy atom. The minimum Gasteiger partial charge on any atom is -0.481 e. The fraction of sp³-hybridized carbons (Fsp3) is 0.846. The lowest BCUT2D eigenvalue weighted by Gasteiger charge is -2.39. The number of carboxylic acids is 1. The lowest BCUT2D eigenvalue weighted by atomic mass is 9.65. The van der Waals surface area contributed by atoms with Crippen LogP contribution in [0.15, 0.2) is 0 Å². The first kappa shape index (κ1) is 16.2. The Kier molecular flexibility index (Phi) is 3.56. The Hall–Kier alpha value is -0.190. The SMILES string of the molecule is CC12CCC(C(=O)O)(CC1OC(=O)C(Cl)(Cl)Cl)C2(C)C. The molecule has 0 aromatic rings. The van der Waals surface area contributed by atoms with Crippen molar-refractivity contribution in [1.29, 1.82) is 0 Å². The molecule has 0 aromatic heterocycles. The zero-order chi connectivity index (χ0) is 15.6. The van der Waals surface area contributed by atoms with Crippen molar-refractivity contribution >= 4 is 46.7 Å². The predicted molar refractivity (Wildman–Crippen MR) is 76.0 cm³/mol. The summed E-state index contributed by atoms with van der Waals surface area (Å²) in [5, 5.41) is 9.63. The molecule has 0 saturated heterocycles. The minimum atomic E-state index is -2.14. The van der Waals surface area contributed by atoms with Gasteiger partial charge in [-0.1, -0.05) is 55.6 Å². The maximum Gasteiger partial charge on any atom is 0.358 e. The Balaban J connectivity index is 2.33. The van der Waals surface area contributed by atoms with Crippen LogP contribution in [-0.2, 0) is 14.3 Å². The number of halogens is 3. The van der Waals surface area contributed by atoms with E-state index >= 15 is 0 Å². The van der Waals surface area contributed by atoms with Crippen LogP contribution in [0.5, 0.6) is 0 Å². The maximum atomic E-state index is 11.8. The number of ether oxygens (including phenoxy) is 1. The molecule has 20 heavy (non-hydrogen) atoms. The summed E-state index contributed by atoms with van der Waals surface area (Å²) in [5.74, 6) is -1.80. The third-order valence-electron chi connectivity index (χ3n) is 5.83. The summed E-state index contributed by atoms with van der Waals surface area (Å²) < 4.78 is 3.19. The summed E-state index contributed by atoms with van der Waals surface area (Å²) in [7, 11) is 0. The maximum absolute atomic E-state index is 11.8. The highest BCUT2D eigenvalue weighted by atomic mass is 35.6. The molecule has 0 spiro atoms. The zero-order valence-corrected chi connectivity index (χ0v) is 13.8. The molecule has 2 saturated carbocycles. The quantitative estimate of drug-likeness (QED) is 0.615. The summed E-state index contributed by atoms with van der Waals surface area (Å²) in [6.07, 6.45) is 0.960. The molecular formula is C13H17Cl3O4. The van der Waals surface area contributed by atoms with Crippen molar-refractivity contribution in [2.45, 2.75) is 49.9 Å². The summed E-state index contributed by atoms with van der Waals surface area (Å²) in [4.78, 5) is 23.5. The van der Waals surface area contributed by atoms with Crippen LogP contribution in [0.2, 0.25) is 0 Å². The van der Waals surface area contributed by atoms with E-state index in [1.165, 1.54) is 0 Å². The molecule has 2 bridgehead atoms. The van der Waals surface area contributed by atoms with Gasteiger partial charge in [-0.05, 0) is 18.3 Å². The van der Waals surface area contributed by atoms with Gasteiger partial charge in [0.25, 0.3) is 3.79 Å². The minimum absolute atomic E-state index is 0.262. The molecule has 4 nitrogen and oxygen atoms in total. The Labute approximate surface area is 132 Å². The molecule has 3 unspecified atom stereocenters. The molecule has 2 rings (SSSR count). The van der Waals surface area contributed by atoms with E-state index in [0.29, 0.717) is 12.8 Å². The van der Waals surface area contributed by atoms with Crippen molar-refractivity contribution in [1.82, 2.24) is 0 Å². The fourth-order valence-electron chi connectivity index (χ4n) is 3.94. The van der Waals surface area contributed by atoms with E-state index in [9.17, 15) is 14.7 Å². The Morgan fingerprint density at radius 1 is 1.20 bits per heavy atom. The first-order valence-electron chi connectivity index (χ1n) is 6.40. The van der Waals surface area contributed by atoms with Gasteiger partial charge >= 0.3 is 11.9 Å². The molecule has 0 heterocycles. The molecule has 0 amide bonds. The number of esters is 1. The third kappa shape index (κ3) is 1.87. The molecule has 114 valence electrons. The monoisotopic (exact) mass is 342 g/mol. The van der Waals surface area contributed by atoms with E-state index in [1.54, 1.807) is 0 Å². The van der Waals surface area contributed by atoms with Crippen LogP contribution >= 0.6 is 34.8 Å². The molecular weight excluding hydrogens is 326 g/mol. The summed E-state index contributed by atoms with van der Waals surface area (Å²) in [6.45, 7) is 5.77. The highest BCUT2D eigenvalue weighted by Gasteiger charge is 2.74. The van der Waals surface area contributed by atoms with Gasteiger partial charge < -0.3 is 9.84 Å². The largest absolute Gasteiger partial charge is 0.481 e. The van der Waals surface area contributed by atoms with E-state index in [4.69, 9.17) is 39.5 Å². The summed E-state index contributed by atoms with van der Waals surface area (Å²) in [6, 6.07) is 0. The van der Waals surface area contributed by atoms with E-state index < -0.39 is 38.1 Å². The van der Waals surface area contributed by atoms with Gasteiger partial charge in [-0.25, -0.2) is 4.79 Å². The van der Waals surface area contributed by atoms with Gasteiger partial charge in [-0.2, -0.15) is 0 Å². The molecule has 1 N–H and O–H groups in total. The van der Waals surface area contributed by atoms with Gasteiger partial charge in [0.2, 0.25) is 0 Å². The van der Waals surface area contributed by atoms with Crippen LogP contribution in [0, 0.1) is 16.2 Å². The smallest absolute Gasteiger partial charge is 0.358 e. The highest BCUT2D eigenvalue weighted by Crippen LogP contribution is 2.72. The normalized spacial score (nSPS) is 38.8. The number of carbonyl (C=O) groups excluding carboxylic acids is 1. The number of hydrogen-bond acceptors (Lipinski definition) is 3. The number of carboxylic acid groups (broad SMARTS) is 1. The molecule has 0 aliphatic heterocycles. The molecule has 2 fully saturated rings. The fourth-order valence-corrected chi connectivity index (χ4v) is 4.07. The van der Waals surface area contributed by atoms with Crippen LogP contribution in [0.3, 0.4) is 0 Å². The number of carbonyl (C=O) groups is 2. The number of hydrogen-bond donors (Lipinski definition) is 1. The number of alkyl halides is 3. The molecule has 2 aliphatic rings. The van der Waals surface area contributed by atoms with Crippen molar-refractivity contribution in [3.63, 3.8) is 0 Å². The topological polar surface area (TPSA) is 63.6 Å². The first-order valence-corrected chi connectivity index (χ1v) is 7.53. The van der Waals surface area contributed by atoms with Gasteiger partial charge in [-0.3, -0.25) is 4.79 Å². The van der Waals surface area contributed by atoms with Crippen LogP contribution in [0.4, 0.5) is 0 Å². The number of aliphatic carboxylic acids is 1. The summed E-state index contributed by atoms with van der Waals surface area (Å²) >= 11 is 16.6. The van der Waals surface area contributed by atoms with Gasteiger partial charge in [-0.15, -0.1) is 0 Å². The van der Waals surface area contributed by atoms with E-state index in [0.717, 1.165) is 0 Å². The zero-order valence-electron chi connectivity index (χ0n) is 11.5. The van der Waals surface area contributed by atoms with Crippen molar-refractivity contribution < 1.29 is 19.4 Å². The number of fused-ring (bicyclic) bond motifs is 2. The number of rotatable bonds is 2. The molecule has 7 heteroatoms. The van der Waals surface area contributed by atoms with E-state index in [2.05, 4.69) is 0 Å². The van der Waals surface area contributed by atoms with Crippen LogP contribution in [0.1, 0.15) is 40.0 Å². The van der Waals surface area contributed by atoms with Gasteiger partial charge in [0.15, 0.2) is 0 Å². The van der Waals surface area contributed by atoms with Crippen molar-refractivity contribution in [3.05, 3.63) is 0 Å². The lowest BCUT2D eigenvalue weighted by Crippen LogP contribution is -2.41. The van der Waals surface area contributed by atoms with Crippen molar-refractivity contribution in [2.24, 2.45) is 16.2 Å². The first-order chi connectivity index (χ1) is 8.88. The second-order valence-corrected chi connectivity index (χ2v) is 8.81. The summed E-state index contributed by atoms with van der Waals surface area (Å²) in [5.41, 5.74) is -1.82. The Morgan fingerprint density at radius 3 is 2.15 bits per heavy atom. The second kappa shape index (κ2) is 4.40. The second-order valence-electron chi connectivity index (χ2n) is 6.53. The molecule has 0 radical (unpaired) electrons. The Bertz CT molecular complexity index is 471. The molecule has 2 aliphatic carbocycles. The van der Waals surface area contributed by atoms with E-state index in [1.807, 2.05) is 20.8 Å². The average molecular weight is 344 g/mol. The third-order valence-corrected chi connectivity index (χ3v) is 6.29. The van der Waals surface area contributed by atoms with Gasteiger partial charge in [0, 0.05) is 11.8 Å². The van der Waals surface area contributed by atoms with Gasteiger partial charge in [0.05, 0.1) is 5.41 Å². The molecule has 3 atom stereocenters. The van der Waals surface area contributed by atoms with Crippen molar-refractivity contribution in [2.75, 3.05) is 0 Å². The van der Waals surface area contributed by atoms with Crippen LogP contribution in [0.25, 0.3) is 0 Å².